The Hall–Kier alpha value is -0.0900. The Morgan fingerprint density at radius 3 is 1.92 bits per heavy atom. The smallest absolute Gasteiger partial charge is 0.428 e. The van der Waals surface area contributed by atoms with Crippen molar-refractivity contribution in [3.8, 4) is 0 Å². The van der Waals surface area contributed by atoms with Crippen molar-refractivity contribution in [2.24, 2.45) is 5.92 Å². The van der Waals surface area contributed by atoms with Gasteiger partial charge < -0.3 is 5.11 Å². The molecule has 0 amide bonds. The van der Waals surface area contributed by atoms with E-state index in [4.69, 9.17) is 28.3 Å². The van der Waals surface area contributed by atoms with Crippen LogP contribution < -0.4 is 0 Å². The zero-order valence-corrected chi connectivity index (χ0v) is 8.50. The van der Waals surface area contributed by atoms with Gasteiger partial charge in [-0.1, -0.05) is 37.0 Å². The van der Waals surface area contributed by atoms with Gasteiger partial charge in [0.2, 0.25) is 0 Å². The molecule has 13 heavy (non-hydrogen) atoms. The van der Waals surface area contributed by atoms with Gasteiger partial charge >= 0.3 is 6.18 Å². The van der Waals surface area contributed by atoms with Crippen LogP contribution in [0.1, 0.15) is 13.8 Å². The number of alkyl halides is 5. The second-order valence-electron chi connectivity index (χ2n) is 2.87. The molecule has 0 radical (unpaired) electrons. The topological polar surface area (TPSA) is 20.2 Å². The van der Waals surface area contributed by atoms with Crippen LogP contribution in [-0.4, -0.2) is 15.6 Å². The van der Waals surface area contributed by atoms with Gasteiger partial charge in [-0.3, -0.25) is 0 Å². The van der Waals surface area contributed by atoms with E-state index in [1.54, 1.807) is 13.8 Å². The maximum absolute atomic E-state index is 12.1. The van der Waals surface area contributed by atoms with Crippen LogP contribution in [0, 0.1) is 5.92 Å². The first-order chi connectivity index (χ1) is 5.59. The molecule has 0 aromatic carbocycles. The van der Waals surface area contributed by atoms with Gasteiger partial charge in [0, 0.05) is 0 Å². The molecular weight excluding hydrogens is 228 g/mol. The van der Waals surface area contributed by atoms with Gasteiger partial charge in [-0.25, -0.2) is 0 Å². The van der Waals surface area contributed by atoms with Crippen LogP contribution in [0.4, 0.5) is 13.2 Å². The largest absolute Gasteiger partial charge is 0.509 e. The van der Waals surface area contributed by atoms with Crippen molar-refractivity contribution in [1.29, 1.82) is 0 Å². The number of rotatable bonds is 2. The summed E-state index contributed by atoms with van der Waals surface area (Å²) in [6.07, 6.45) is -3.93. The minimum absolute atomic E-state index is 0.265. The molecule has 0 saturated carbocycles. The molecule has 0 heterocycles. The molecule has 6 heteroatoms. The van der Waals surface area contributed by atoms with Crippen LogP contribution in [0.5, 0.6) is 0 Å². The average molecular weight is 237 g/mol. The monoisotopic (exact) mass is 236 g/mol. The molecule has 0 aromatic heterocycles. The molecule has 0 fully saturated rings. The predicted octanol–water partition coefficient (Wildman–Crippen LogP) is 3.82. The lowest BCUT2D eigenvalue weighted by molar-refractivity contribution is -0.139. The first kappa shape index (κ1) is 12.9. The van der Waals surface area contributed by atoms with E-state index in [-0.39, 0.29) is 5.92 Å². The molecule has 0 atom stereocenters. The number of aliphatic hydroxyl groups excluding tert-OH is 1. The molecule has 0 aromatic rings. The molecule has 0 unspecified atom stereocenters. The standard InChI is InChI=1S/C7H9Cl2F3O/c1-4(2)3-5(13)6(8,9)7(10,11)12/h3-4,13H,1-2H3/b5-3-. The van der Waals surface area contributed by atoms with E-state index in [0.29, 0.717) is 0 Å². The number of allylic oxidation sites excluding steroid dienone is 2. The molecule has 0 bridgehead atoms. The molecule has 0 aliphatic heterocycles. The van der Waals surface area contributed by atoms with Gasteiger partial charge in [-0.2, -0.15) is 13.2 Å². The minimum Gasteiger partial charge on any atom is -0.509 e. The summed E-state index contributed by atoms with van der Waals surface area (Å²) in [5.74, 6) is -1.35. The summed E-state index contributed by atoms with van der Waals surface area (Å²) in [6, 6.07) is 0. The average Bonchev–Trinajstić information content (AvgIpc) is 1.82. The Kier molecular flexibility index (Phi) is 3.94. The summed E-state index contributed by atoms with van der Waals surface area (Å²) in [7, 11) is 0. The van der Waals surface area contributed by atoms with E-state index in [1.165, 1.54) is 0 Å². The second kappa shape index (κ2) is 3.96. The van der Waals surface area contributed by atoms with Gasteiger partial charge in [-0.05, 0) is 12.0 Å². The van der Waals surface area contributed by atoms with Gasteiger partial charge in [-0.15, -0.1) is 0 Å². The second-order valence-corrected chi connectivity index (χ2v) is 4.20. The van der Waals surface area contributed by atoms with Gasteiger partial charge in [0.1, 0.15) is 5.76 Å². The Balaban J connectivity index is 4.85. The van der Waals surface area contributed by atoms with Crippen molar-refractivity contribution in [3.63, 3.8) is 0 Å². The third kappa shape index (κ3) is 3.27. The highest BCUT2D eigenvalue weighted by Gasteiger charge is 2.56. The molecule has 0 aliphatic carbocycles. The number of hydrogen-bond acceptors (Lipinski definition) is 1. The van der Waals surface area contributed by atoms with Crippen LogP contribution in [0.2, 0.25) is 0 Å². The van der Waals surface area contributed by atoms with Crippen molar-refractivity contribution in [2.45, 2.75) is 24.4 Å². The summed E-state index contributed by atoms with van der Waals surface area (Å²) in [5, 5.41) is 8.96. The minimum atomic E-state index is -4.88. The fourth-order valence-electron chi connectivity index (χ4n) is 0.566. The normalized spacial score (nSPS) is 15.2. The SMILES string of the molecule is CC(C)/C=C(\O)C(Cl)(Cl)C(F)(F)F. The van der Waals surface area contributed by atoms with E-state index < -0.39 is 16.3 Å². The van der Waals surface area contributed by atoms with Crippen LogP contribution in [0.15, 0.2) is 11.8 Å². The van der Waals surface area contributed by atoms with E-state index in [1.807, 2.05) is 0 Å². The van der Waals surface area contributed by atoms with Gasteiger partial charge in [0.25, 0.3) is 4.33 Å². The van der Waals surface area contributed by atoms with Gasteiger partial charge in [0.05, 0.1) is 0 Å². The molecule has 0 spiro atoms. The Labute approximate surface area is 84.1 Å². The maximum Gasteiger partial charge on any atom is 0.428 e. The quantitative estimate of drug-likeness (QED) is 0.571. The summed E-state index contributed by atoms with van der Waals surface area (Å²) >= 11 is 9.86. The predicted molar refractivity (Wildman–Crippen MR) is 46.0 cm³/mol. The zero-order chi connectivity index (χ0) is 10.9. The Morgan fingerprint density at radius 1 is 1.31 bits per heavy atom. The van der Waals surface area contributed by atoms with Crippen molar-refractivity contribution in [2.75, 3.05) is 0 Å². The lowest BCUT2D eigenvalue weighted by atomic mass is 10.1. The highest BCUT2D eigenvalue weighted by atomic mass is 35.5. The van der Waals surface area contributed by atoms with Crippen LogP contribution in [0.25, 0.3) is 0 Å². The highest BCUT2D eigenvalue weighted by Crippen LogP contribution is 2.44. The number of halogens is 5. The molecule has 0 rings (SSSR count). The van der Waals surface area contributed by atoms with Crippen LogP contribution >= 0.6 is 23.2 Å². The fraction of sp³-hybridized carbons (Fsp3) is 0.714. The molecule has 1 nitrogen and oxygen atoms in total. The van der Waals surface area contributed by atoms with E-state index in [9.17, 15) is 13.2 Å². The van der Waals surface area contributed by atoms with E-state index in [0.717, 1.165) is 6.08 Å². The lowest BCUT2D eigenvalue weighted by Crippen LogP contribution is -2.36. The summed E-state index contributed by atoms with van der Waals surface area (Å²) in [6.45, 7) is 3.19. The summed E-state index contributed by atoms with van der Waals surface area (Å²) in [4.78, 5) is 0. The van der Waals surface area contributed by atoms with E-state index in [2.05, 4.69) is 0 Å². The van der Waals surface area contributed by atoms with Crippen molar-refractivity contribution in [3.05, 3.63) is 11.8 Å². The highest BCUT2D eigenvalue weighted by molar-refractivity contribution is 6.50. The Morgan fingerprint density at radius 2 is 1.69 bits per heavy atom. The van der Waals surface area contributed by atoms with Crippen molar-refractivity contribution < 1.29 is 18.3 Å². The zero-order valence-electron chi connectivity index (χ0n) is 6.99. The van der Waals surface area contributed by atoms with Crippen molar-refractivity contribution >= 4 is 23.2 Å². The lowest BCUT2D eigenvalue weighted by Gasteiger charge is -2.22. The number of aliphatic hydroxyl groups is 1. The molecule has 78 valence electrons. The third-order valence-corrected chi connectivity index (χ3v) is 1.98. The van der Waals surface area contributed by atoms with Crippen LogP contribution in [0.3, 0.4) is 0 Å². The Bertz CT molecular complexity index is 208. The van der Waals surface area contributed by atoms with Gasteiger partial charge in [0.15, 0.2) is 0 Å². The van der Waals surface area contributed by atoms with Crippen LogP contribution in [-0.2, 0) is 0 Å². The molecular formula is C7H9Cl2F3O. The summed E-state index contributed by atoms with van der Waals surface area (Å²) < 4.78 is 33.0. The third-order valence-electron chi connectivity index (χ3n) is 1.17. The molecule has 0 saturated heterocycles. The number of hydrogen-bond donors (Lipinski definition) is 1. The van der Waals surface area contributed by atoms with Crippen molar-refractivity contribution in [1.82, 2.24) is 0 Å². The molecule has 1 N–H and O–H groups in total. The first-order valence-electron chi connectivity index (χ1n) is 3.45. The fourth-order valence-corrected chi connectivity index (χ4v) is 0.692. The molecule has 0 aliphatic rings. The summed E-state index contributed by atoms with van der Waals surface area (Å²) in [5.41, 5.74) is 0. The first-order valence-corrected chi connectivity index (χ1v) is 4.20. The van der Waals surface area contributed by atoms with E-state index >= 15 is 0 Å². The maximum atomic E-state index is 12.1.